The summed E-state index contributed by atoms with van der Waals surface area (Å²) >= 11 is 0. The molecule has 0 radical (unpaired) electrons. The highest BCUT2D eigenvalue weighted by atomic mass is 16.3. The Morgan fingerprint density at radius 3 is 2.61 bits per heavy atom. The molecule has 1 aromatic rings. The normalized spacial score (nSPS) is 28.8. The smallest absolute Gasteiger partial charge is 0.118 e. The van der Waals surface area contributed by atoms with Crippen LogP contribution in [-0.2, 0) is 0 Å². The van der Waals surface area contributed by atoms with E-state index >= 15 is 0 Å². The van der Waals surface area contributed by atoms with Crippen LogP contribution in [0.5, 0.6) is 5.75 Å². The molecule has 0 saturated carbocycles. The van der Waals surface area contributed by atoms with E-state index < -0.39 is 6.10 Å². The molecular formula is C15H22O3. The van der Waals surface area contributed by atoms with Crippen LogP contribution in [0.3, 0.4) is 0 Å². The van der Waals surface area contributed by atoms with E-state index in [1.807, 2.05) is 26.8 Å². The Morgan fingerprint density at radius 1 is 1.33 bits per heavy atom. The molecule has 0 spiro atoms. The first-order valence-electron chi connectivity index (χ1n) is 6.58. The summed E-state index contributed by atoms with van der Waals surface area (Å²) in [5, 5.41) is 29.3. The zero-order chi connectivity index (χ0) is 13.4. The predicted octanol–water partition coefficient (Wildman–Crippen LogP) is 2.28. The van der Waals surface area contributed by atoms with Crippen molar-refractivity contribution in [1.82, 2.24) is 0 Å². The number of rotatable bonds is 2. The molecule has 0 aliphatic heterocycles. The molecule has 1 aromatic carbocycles. The van der Waals surface area contributed by atoms with Gasteiger partial charge in [-0.2, -0.15) is 0 Å². The van der Waals surface area contributed by atoms with Crippen LogP contribution in [0.25, 0.3) is 0 Å². The van der Waals surface area contributed by atoms with E-state index in [9.17, 15) is 15.3 Å². The summed E-state index contributed by atoms with van der Waals surface area (Å²) < 4.78 is 0. The van der Waals surface area contributed by atoms with Gasteiger partial charge < -0.3 is 15.3 Å². The summed E-state index contributed by atoms with van der Waals surface area (Å²) in [6.07, 6.45) is 0.277. The van der Waals surface area contributed by atoms with E-state index in [4.69, 9.17) is 0 Å². The van der Waals surface area contributed by atoms with E-state index in [1.54, 1.807) is 6.07 Å². The minimum Gasteiger partial charge on any atom is -0.508 e. The molecule has 1 aliphatic carbocycles. The van der Waals surface area contributed by atoms with Gasteiger partial charge in [-0.05, 0) is 47.9 Å². The van der Waals surface area contributed by atoms with Crippen molar-refractivity contribution < 1.29 is 15.3 Å². The molecule has 3 heteroatoms. The second kappa shape index (κ2) is 4.90. The quantitative estimate of drug-likeness (QED) is 0.754. The summed E-state index contributed by atoms with van der Waals surface area (Å²) in [7, 11) is 0. The number of aromatic hydroxyl groups is 1. The molecular weight excluding hydrogens is 228 g/mol. The Balaban J connectivity index is 2.52. The minimum atomic E-state index is -0.404. The number of phenols is 1. The van der Waals surface area contributed by atoms with Crippen molar-refractivity contribution in [3.8, 4) is 5.75 Å². The molecule has 1 aliphatic rings. The number of benzene rings is 1. The van der Waals surface area contributed by atoms with Gasteiger partial charge >= 0.3 is 0 Å². The van der Waals surface area contributed by atoms with Crippen LogP contribution in [0.1, 0.15) is 48.8 Å². The largest absolute Gasteiger partial charge is 0.508 e. The zero-order valence-corrected chi connectivity index (χ0v) is 11.2. The predicted molar refractivity (Wildman–Crippen MR) is 70.9 cm³/mol. The summed E-state index contributed by atoms with van der Waals surface area (Å²) in [6, 6.07) is 3.78. The molecule has 1 unspecified atom stereocenters. The Hall–Kier alpha value is -1.06. The summed E-state index contributed by atoms with van der Waals surface area (Å²) in [4.78, 5) is 0. The van der Waals surface area contributed by atoms with Crippen molar-refractivity contribution in [3.05, 3.63) is 28.8 Å². The lowest BCUT2D eigenvalue weighted by Crippen LogP contribution is -2.30. The van der Waals surface area contributed by atoms with Crippen LogP contribution < -0.4 is 0 Å². The van der Waals surface area contributed by atoms with Gasteiger partial charge in [-0.3, -0.25) is 0 Å². The van der Waals surface area contributed by atoms with Crippen LogP contribution in [0.15, 0.2) is 12.1 Å². The standard InChI is InChI=1S/C15H22O3/c1-8-4-13-11(9(2)7-16)5-15(18)10(3)12(13)6-14(8)17/h4,6,9-11,15-18H,5,7H2,1-3H3/t9?,10-,11+,15-/m1/s1. The fraction of sp³-hybridized carbons (Fsp3) is 0.600. The van der Waals surface area contributed by atoms with E-state index in [2.05, 4.69) is 0 Å². The lowest BCUT2D eigenvalue weighted by molar-refractivity contribution is 0.100. The van der Waals surface area contributed by atoms with Crippen molar-refractivity contribution in [2.24, 2.45) is 5.92 Å². The minimum absolute atomic E-state index is 0.0358. The number of aliphatic hydroxyl groups is 2. The fourth-order valence-electron chi connectivity index (χ4n) is 2.92. The van der Waals surface area contributed by atoms with Crippen LogP contribution in [0.2, 0.25) is 0 Å². The lowest BCUT2D eigenvalue weighted by atomic mass is 9.71. The number of aryl methyl sites for hydroxylation is 1. The fourth-order valence-corrected chi connectivity index (χ4v) is 2.92. The Kier molecular flexibility index (Phi) is 3.64. The molecule has 0 aromatic heterocycles. The lowest BCUT2D eigenvalue weighted by Gasteiger charge is -2.36. The number of hydrogen-bond donors (Lipinski definition) is 3. The Bertz CT molecular complexity index is 442. The zero-order valence-electron chi connectivity index (χ0n) is 11.2. The van der Waals surface area contributed by atoms with Gasteiger partial charge in [-0.15, -0.1) is 0 Å². The Morgan fingerprint density at radius 2 is 2.00 bits per heavy atom. The molecule has 0 fully saturated rings. The number of phenolic OH excluding ortho intramolecular Hbond substituents is 1. The van der Waals surface area contributed by atoms with E-state index in [1.165, 1.54) is 5.56 Å². The van der Waals surface area contributed by atoms with Gasteiger partial charge in [0.15, 0.2) is 0 Å². The summed E-state index contributed by atoms with van der Waals surface area (Å²) in [6.45, 7) is 5.98. The highest BCUT2D eigenvalue weighted by Gasteiger charge is 2.34. The van der Waals surface area contributed by atoms with Gasteiger partial charge in [0.2, 0.25) is 0 Å². The first kappa shape index (κ1) is 13.4. The topological polar surface area (TPSA) is 60.7 Å². The molecule has 0 bridgehead atoms. The molecule has 100 valence electrons. The van der Waals surface area contributed by atoms with Crippen molar-refractivity contribution in [2.45, 2.75) is 45.1 Å². The third kappa shape index (κ3) is 2.13. The number of fused-ring (bicyclic) bond motifs is 1. The van der Waals surface area contributed by atoms with E-state index in [-0.39, 0.29) is 30.1 Å². The molecule has 18 heavy (non-hydrogen) atoms. The molecule has 3 nitrogen and oxygen atoms in total. The highest BCUT2D eigenvalue weighted by Crippen LogP contribution is 2.44. The SMILES string of the molecule is Cc1cc2c(cc1O)[C@@H](C)[C@H](O)C[C@H]2C(C)CO. The van der Waals surface area contributed by atoms with E-state index in [0.29, 0.717) is 6.42 Å². The van der Waals surface area contributed by atoms with Gasteiger partial charge in [0, 0.05) is 12.5 Å². The van der Waals surface area contributed by atoms with Crippen molar-refractivity contribution in [3.63, 3.8) is 0 Å². The van der Waals surface area contributed by atoms with Gasteiger partial charge in [-0.25, -0.2) is 0 Å². The van der Waals surface area contributed by atoms with E-state index in [0.717, 1.165) is 11.1 Å². The average molecular weight is 250 g/mol. The first-order chi connectivity index (χ1) is 8.45. The third-order valence-corrected chi connectivity index (χ3v) is 4.34. The third-order valence-electron chi connectivity index (χ3n) is 4.34. The van der Waals surface area contributed by atoms with Gasteiger partial charge in [0.1, 0.15) is 5.75 Å². The van der Waals surface area contributed by atoms with Crippen LogP contribution >= 0.6 is 0 Å². The maximum atomic E-state index is 10.1. The second-order valence-corrected chi connectivity index (χ2v) is 5.63. The van der Waals surface area contributed by atoms with Gasteiger partial charge in [0.25, 0.3) is 0 Å². The average Bonchev–Trinajstić information content (AvgIpc) is 2.35. The van der Waals surface area contributed by atoms with Crippen molar-refractivity contribution in [1.29, 1.82) is 0 Å². The maximum Gasteiger partial charge on any atom is 0.118 e. The van der Waals surface area contributed by atoms with Crippen LogP contribution in [-0.4, -0.2) is 28.0 Å². The molecule has 0 saturated heterocycles. The molecule has 3 N–H and O–H groups in total. The van der Waals surface area contributed by atoms with Gasteiger partial charge in [0.05, 0.1) is 6.10 Å². The molecule has 0 heterocycles. The second-order valence-electron chi connectivity index (χ2n) is 5.63. The first-order valence-corrected chi connectivity index (χ1v) is 6.58. The van der Waals surface area contributed by atoms with Crippen LogP contribution in [0, 0.1) is 12.8 Å². The molecule has 4 atom stereocenters. The van der Waals surface area contributed by atoms with Crippen molar-refractivity contribution in [2.75, 3.05) is 6.61 Å². The maximum absolute atomic E-state index is 10.1. The summed E-state index contributed by atoms with van der Waals surface area (Å²) in [5.41, 5.74) is 3.04. The Labute approximate surface area is 108 Å². The van der Waals surface area contributed by atoms with Crippen LogP contribution in [0.4, 0.5) is 0 Å². The monoisotopic (exact) mass is 250 g/mol. The number of aliphatic hydroxyl groups excluding tert-OH is 2. The molecule has 2 rings (SSSR count). The highest BCUT2D eigenvalue weighted by molar-refractivity contribution is 5.46. The molecule has 0 amide bonds. The summed E-state index contributed by atoms with van der Waals surface area (Å²) in [5.74, 6) is 0.601. The number of hydrogen-bond acceptors (Lipinski definition) is 3. The van der Waals surface area contributed by atoms with Gasteiger partial charge in [-0.1, -0.05) is 19.9 Å². The van der Waals surface area contributed by atoms with Crippen molar-refractivity contribution >= 4 is 0 Å².